The fourth-order valence-electron chi connectivity index (χ4n) is 2.48. The van der Waals surface area contributed by atoms with Gasteiger partial charge in [0.15, 0.2) is 6.54 Å². The highest BCUT2D eigenvalue weighted by atomic mass is 79.9. The number of aryl methyl sites for hydroxylation is 1. The number of carbonyl (C=O) groups excluding carboxylic acids is 1. The van der Waals surface area contributed by atoms with Crippen LogP contribution >= 0.6 is 15.9 Å². The lowest BCUT2D eigenvalue weighted by Gasteiger charge is -2.16. The first-order valence-corrected chi connectivity index (χ1v) is 8.27. The van der Waals surface area contributed by atoms with Crippen molar-refractivity contribution in [1.82, 2.24) is 0 Å². The number of ether oxygens (including phenoxy) is 1. The number of nitrogens with one attached hydrogen (secondary N) is 2. The Morgan fingerprint density at radius 3 is 2.74 bits per heavy atom. The molecule has 0 saturated heterocycles. The van der Waals surface area contributed by atoms with E-state index in [1.54, 1.807) is 7.11 Å². The Morgan fingerprint density at radius 1 is 1.26 bits per heavy atom. The Hall–Kier alpha value is -1.85. The maximum Gasteiger partial charge on any atom is 0.279 e. The van der Waals surface area contributed by atoms with Gasteiger partial charge in [0.05, 0.1) is 14.2 Å². The number of methoxy groups -OCH3 is 1. The van der Waals surface area contributed by atoms with E-state index in [0.717, 1.165) is 31.9 Å². The molecule has 0 fully saturated rings. The summed E-state index contributed by atoms with van der Waals surface area (Å²) < 4.78 is 6.39. The van der Waals surface area contributed by atoms with Gasteiger partial charge in [-0.25, -0.2) is 0 Å². The van der Waals surface area contributed by atoms with Crippen LogP contribution in [0.15, 0.2) is 46.9 Å². The Bertz CT molecular complexity index is 688. The Labute approximate surface area is 145 Å². The number of likely N-dealkylation sites (N-methyl/N-ethyl adjacent to an activating group) is 1. The van der Waals surface area contributed by atoms with Crippen LogP contribution in [0.5, 0.6) is 5.75 Å². The number of hydrogen-bond acceptors (Lipinski definition) is 2. The molecule has 0 saturated carbocycles. The molecule has 0 aliphatic heterocycles. The lowest BCUT2D eigenvalue weighted by atomic mass is 10.2. The summed E-state index contributed by atoms with van der Waals surface area (Å²) >= 11 is 3.47. The fraction of sp³-hybridized carbons (Fsp3) is 0.278. The minimum Gasteiger partial charge on any atom is -0.496 e. The van der Waals surface area contributed by atoms with Crippen molar-refractivity contribution in [3.05, 3.63) is 58.1 Å². The maximum atomic E-state index is 12.2. The van der Waals surface area contributed by atoms with Crippen LogP contribution in [0.25, 0.3) is 0 Å². The van der Waals surface area contributed by atoms with Crippen LogP contribution in [0.4, 0.5) is 5.69 Å². The normalized spacial score (nSPS) is 11.8. The SMILES string of the molecule is COc1ccc(Br)cc1C[NH+](C)CC(=O)Nc1cccc(C)c1. The van der Waals surface area contributed by atoms with Gasteiger partial charge in [-0.2, -0.15) is 0 Å². The molecule has 2 aromatic carbocycles. The molecule has 4 nitrogen and oxygen atoms in total. The highest BCUT2D eigenvalue weighted by molar-refractivity contribution is 9.10. The molecule has 0 aliphatic carbocycles. The first-order chi connectivity index (χ1) is 11.0. The third kappa shape index (κ3) is 5.37. The molecular weight excluding hydrogens is 356 g/mol. The zero-order valence-corrected chi connectivity index (χ0v) is 15.2. The van der Waals surface area contributed by atoms with E-state index >= 15 is 0 Å². The number of halogens is 1. The van der Waals surface area contributed by atoms with Gasteiger partial charge in [0.25, 0.3) is 5.91 Å². The van der Waals surface area contributed by atoms with E-state index in [0.29, 0.717) is 13.1 Å². The molecule has 0 radical (unpaired) electrons. The summed E-state index contributed by atoms with van der Waals surface area (Å²) in [5.41, 5.74) is 3.04. The molecule has 1 amide bonds. The summed E-state index contributed by atoms with van der Waals surface area (Å²) in [6.07, 6.45) is 0. The smallest absolute Gasteiger partial charge is 0.279 e. The molecule has 1 unspecified atom stereocenters. The molecule has 2 N–H and O–H groups in total. The van der Waals surface area contributed by atoms with Crippen LogP contribution in [-0.2, 0) is 11.3 Å². The minimum absolute atomic E-state index is 0.00191. The summed E-state index contributed by atoms with van der Waals surface area (Å²) in [4.78, 5) is 13.3. The van der Waals surface area contributed by atoms with Crippen LogP contribution in [0, 0.1) is 6.92 Å². The third-order valence-electron chi connectivity index (χ3n) is 3.50. The van der Waals surface area contributed by atoms with E-state index in [2.05, 4.69) is 21.2 Å². The highest BCUT2D eigenvalue weighted by Crippen LogP contribution is 2.22. The second-order valence-electron chi connectivity index (χ2n) is 5.68. The molecule has 5 heteroatoms. The molecule has 0 heterocycles. The van der Waals surface area contributed by atoms with E-state index in [1.165, 1.54) is 0 Å². The number of carbonyl (C=O) groups is 1. The van der Waals surface area contributed by atoms with Crippen molar-refractivity contribution in [3.63, 3.8) is 0 Å². The van der Waals surface area contributed by atoms with Gasteiger partial charge in [0.1, 0.15) is 12.3 Å². The van der Waals surface area contributed by atoms with E-state index in [9.17, 15) is 4.79 Å². The quantitative estimate of drug-likeness (QED) is 0.811. The number of rotatable bonds is 6. The van der Waals surface area contributed by atoms with E-state index in [1.807, 2.05) is 56.4 Å². The summed E-state index contributed by atoms with van der Waals surface area (Å²) in [5.74, 6) is 0.841. The van der Waals surface area contributed by atoms with Gasteiger partial charge >= 0.3 is 0 Å². The van der Waals surface area contributed by atoms with Crippen LogP contribution in [0.1, 0.15) is 11.1 Å². The summed E-state index contributed by atoms with van der Waals surface area (Å²) in [6, 6.07) is 13.7. The zero-order valence-electron chi connectivity index (χ0n) is 13.7. The van der Waals surface area contributed by atoms with Crippen molar-refractivity contribution in [3.8, 4) is 5.75 Å². The topological polar surface area (TPSA) is 42.8 Å². The average Bonchev–Trinajstić information content (AvgIpc) is 2.47. The Balaban J connectivity index is 1.95. The summed E-state index contributed by atoms with van der Waals surface area (Å²) in [5, 5.41) is 2.94. The number of benzene rings is 2. The minimum atomic E-state index is 0.00191. The van der Waals surface area contributed by atoms with Crippen LogP contribution in [0.2, 0.25) is 0 Å². The van der Waals surface area contributed by atoms with Gasteiger partial charge in [-0.1, -0.05) is 28.1 Å². The standard InChI is InChI=1S/C18H21BrN2O2/c1-13-5-4-6-16(9-13)20-18(22)12-21(2)11-14-10-15(19)7-8-17(14)23-3/h4-10H,11-12H2,1-3H3,(H,20,22)/p+1. The molecule has 122 valence electrons. The van der Waals surface area contributed by atoms with Crippen molar-refractivity contribution in [2.24, 2.45) is 0 Å². The third-order valence-corrected chi connectivity index (χ3v) is 3.99. The predicted molar refractivity (Wildman–Crippen MR) is 96.0 cm³/mol. The summed E-state index contributed by atoms with van der Waals surface area (Å²) in [7, 11) is 3.66. The van der Waals surface area contributed by atoms with Crippen molar-refractivity contribution >= 4 is 27.5 Å². The molecule has 23 heavy (non-hydrogen) atoms. The monoisotopic (exact) mass is 377 g/mol. The fourth-order valence-corrected chi connectivity index (χ4v) is 2.88. The van der Waals surface area contributed by atoms with Crippen LogP contribution in [0.3, 0.4) is 0 Å². The number of anilines is 1. The number of quaternary nitrogens is 1. The molecule has 0 bridgehead atoms. The van der Waals surface area contributed by atoms with E-state index in [4.69, 9.17) is 4.74 Å². The second kappa shape index (κ2) is 8.13. The average molecular weight is 378 g/mol. The zero-order chi connectivity index (χ0) is 16.8. The number of hydrogen-bond donors (Lipinski definition) is 2. The molecular formula is C18H22BrN2O2+. The van der Waals surface area contributed by atoms with Gasteiger partial charge in [-0.05, 0) is 42.8 Å². The first-order valence-electron chi connectivity index (χ1n) is 7.48. The molecule has 2 rings (SSSR count). The largest absolute Gasteiger partial charge is 0.496 e. The highest BCUT2D eigenvalue weighted by Gasteiger charge is 2.14. The van der Waals surface area contributed by atoms with Gasteiger partial charge < -0.3 is 15.0 Å². The van der Waals surface area contributed by atoms with Gasteiger partial charge in [-0.15, -0.1) is 0 Å². The van der Waals surface area contributed by atoms with Crippen LogP contribution in [-0.4, -0.2) is 26.6 Å². The van der Waals surface area contributed by atoms with Crippen molar-refractivity contribution in [2.45, 2.75) is 13.5 Å². The number of amides is 1. The lowest BCUT2D eigenvalue weighted by Crippen LogP contribution is -3.08. The van der Waals surface area contributed by atoms with Gasteiger partial charge in [0, 0.05) is 15.7 Å². The second-order valence-corrected chi connectivity index (χ2v) is 6.60. The summed E-state index contributed by atoms with van der Waals surface area (Å²) in [6.45, 7) is 3.11. The predicted octanol–water partition coefficient (Wildman–Crippen LogP) is 2.42. The van der Waals surface area contributed by atoms with Gasteiger partial charge in [-0.3, -0.25) is 4.79 Å². The Kier molecular flexibility index (Phi) is 6.19. The molecule has 1 atom stereocenters. The molecule has 2 aromatic rings. The molecule has 0 spiro atoms. The molecule has 0 aliphatic rings. The van der Waals surface area contributed by atoms with Crippen molar-refractivity contribution in [1.29, 1.82) is 0 Å². The van der Waals surface area contributed by atoms with Crippen LogP contribution < -0.4 is 15.0 Å². The maximum absolute atomic E-state index is 12.2. The first kappa shape index (κ1) is 17.5. The van der Waals surface area contributed by atoms with E-state index in [-0.39, 0.29) is 5.91 Å². The molecule has 0 aromatic heterocycles. The van der Waals surface area contributed by atoms with Crippen molar-refractivity contribution < 1.29 is 14.4 Å². The van der Waals surface area contributed by atoms with Gasteiger partial charge in [0.2, 0.25) is 0 Å². The Morgan fingerprint density at radius 2 is 2.04 bits per heavy atom. The van der Waals surface area contributed by atoms with Crippen molar-refractivity contribution in [2.75, 3.05) is 26.0 Å². The lowest BCUT2D eigenvalue weighted by molar-refractivity contribution is -0.885. The van der Waals surface area contributed by atoms with E-state index < -0.39 is 0 Å².